The summed E-state index contributed by atoms with van der Waals surface area (Å²) in [4.78, 5) is 16.8. The van der Waals surface area contributed by atoms with E-state index in [1.165, 1.54) is 6.20 Å². The second kappa shape index (κ2) is 6.41. The zero-order valence-electron chi connectivity index (χ0n) is 13.6. The highest BCUT2D eigenvalue weighted by atomic mass is 16.5. The van der Waals surface area contributed by atoms with Gasteiger partial charge in [0.1, 0.15) is 5.75 Å². The summed E-state index contributed by atoms with van der Waals surface area (Å²) in [5, 5.41) is 16.8. The van der Waals surface area contributed by atoms with Crippen LogP contribution in [0.5, 0.6) is 5.75 Å². The number of aromatic nitrogens is 1. The molecule has 6 heteroatoms. The van der Waals surface area contributed by atoms with Crippen LogP contribution in [0.15, 0.2) is 53.9 Å². The summed E-state index contributed by atoms with van der Waals surface area (Å²) in [5.41, 5.74) is 0.163. The molecule has 124 valence electrons. The molecule has 0 bridgehead atoms. The van der Waals surface area contributed by atoms with E-state index in [4.69, 9.17) is 4.74 Å². The predicted octanol–water partition coefficient (Wildman–Crippen LogP) is 2.55. The van der Waals surface area contributed by atoms with Crippen LogP contribution in [0.25, 0.3) is 0 Å². The first-order valence-corrected chi connectivity index (χ1v) is 7.76. The van der Waals surface area contributed by atoms with Gasteiger partial charge in [-0.1, -0.05) is 19.1 Å². The number of nitrogens with zero attached hydrogens (tertiary/aromatic N) is 3. The Morgan fingerprint density at radius 2 is 2.21 bits per heavy atom. The van der Waals surface area contributed by atoms with Gasteiger partial charge in [-0.25, -0.2) is 0 Å². The average Bonchev–Trinajstić information content (AvgIpc) is 3.00. The van der Waals surface area contributed by atoms with Crippen LogP contribution < -0.4 is 4.74 Å². The maximum atomic E-state index is 12.8. The van der Waals surface area contributed by atoms with Crippen molar-refractivity contribution in [2.24, 2.45) is 5.10 Å². The summed E-state index contributed by atoms with van der Waals surface area (Å²) in [6.45, 7) is 1.95. The van der Waals surface area contributed by atoms with E-state index in [1.807, 2.05) is 6.92 Å². The molecule has 24 heavy (non-hydrogen) atoms. The molecule has 1 aromatic carbocycles. The summed E-state index contributed by atoms with van der Waals surface area (Å²) in [7, 11) is 1.56. The van der Waals surface area contributed by atoms with Crippen molar-refractivity contribution >= 4 is 11.6 Å². The molecule has 2 heterocycles. The van der Waals surface area contributed by atoms with Crippen molar-refractivity contribution in [3.63, 3.8) is 0 Å². The van der Waals surface area contributed by atoms with E-state index in [-0.39, 0.29) is 6.42 Å². The van der Waals surface area contributed by atoms with Gasteiger partial charge in [-0.15, -0.1) is 0 Å². The topological polar surface area (TPSA) is 75.0 Å². The number of benzene rings is 1. The highest BCUT2D eigenvalue weighted by molar-refractivity contribution is 5.98. The van der Waals surface area contributed by atoms with Crippen LogP contribution >= 0.6 is 0 Å². The summed E-state index contributed by atoms with van der Waals surface area (Å²) in [5.74, 6) is 0.219. The van der Waals surface area contributed by atoms with Gasteiger partial charge in [0.15, 0.2) is 5.72 Å². The Bertz CT molecular complexity index is 776. The van der Waals surface area contributed by atoms with Crippen molar-refractivity contribution in [1.82, 2.24) is 9.99 Å². The first kappa shape index (κ1) is 16.1. The Morgan fingerprint density at radius 3 is 2.88 bits per heavy atom. The maximum Gasteiger partial charge on any atom is 0.278 e. The van der Waals surface area contributed by atoms with Crippen molar-refractivity contribution in [2.75, 3.05) is 7.11 Å². The molecule has 0 unspecified atom stereocenters. The molecule has 2 aromatic rings. The number of methoxy groups -OCH3 is 1. The SMILES string of the molecule is CCC1=NN(C(=O)c2cccnc2)[C@](O)(c2cccc(OC)c2)C1. The summed E-state index contributed by atoms with van der Waals surface area (Å²) in [6, 6.07) is 10.4. The van der Waals surface area contributed by atoms with E-state index in [0.717, 1.165) is 10.7 Å². The normalized spacial score (nSPS) is 20.0. The Hall–Kier alpha value is -2.73. The van der Waals surface area contributed by atoms with Crippen LogP contribution in [0.2, 0.25) is 0 Å². The third-order valence-electron chi connectivity index (χ3n) is 4.08. The maximum absolute atomic E-state index is 12.8. The third-order valence-corrected chi connectivity index (χ3v) is 4.08. The molecule has 0 spiro atoms. The molecule has 1 N–H and O–H groups in total. The number of hydrogen-bond donors (Lipinski definition) is 1. The lowest BCUT2D eigenvalue weighted by molar-refractivity contribution is -0.0766. The number of hydrogen-bond acceptors (Lipinski definition) is 5. The zero-order chi connectivity index (χ0) is 17.2. The van der Waals surface area contributed by atoms with Crippen molar-refractivity contribution < 1.29 is 14.6 Å². The van der Waals surface area contributed by atoms with Gasteiger partial charge in [-0.05, 0) is 30.7 Å². The van der Waals surface area contributed by atoms with E-state index >= 15 is 0 Å². The lowest BCUT2D eigenvalue weighted by Gasteiger charge is -2.31. The monoisotopic (exact) mass is 325 g/mol. The minimum Gasteiger partial charge on any atom is -0.497 e. The molecule has 1 aliphatic rings. The zero-order valence-corrected chi connectivity index (χ0v) is 13.6. The van der Waals surface area contributed by atoms with Crippen molar-refractivity contribution in [3.8, 4) is 5.75 Å². The molecule has 0 aliphatic carbocycles. The number of carbonyl (C=O) groups is 1. The van der Waals surface area contributed by atoms with E-state index in [9.17, 15) is 9.90 Å². The molecule has 3 rings (SSSR count). The van der Waals surface area contributed by atoms with Crippen LogP contribution in [0, 0.1) is 0 Å². The van der Waals surface area contributed by atoms with E-state index in [1.54, 1.807) is 49.7 Å². The molecule has 0 saturated heterocycles. The molecule has 1 aromatic heterocycles. The minimum absolute atomic E-state index is 0.267. The molecule has 0 fully saturated rings. The number of carbonyl (C=O) groups excluding carboxylic acids is 1. The van der Waals surface area contributed by atoms with Gasteiger partial charge in [-0.3, -0.25) is 9.78 Å². The van der Waals surface area contributed by atoms with E-state index in [0.29, 0.717) is 23.3 Å². The number of hydrazone groups is 1. The Labute approximate surface area is 140 Å². The highest BCUT2D eigenvalue weighted by Gasteiger charge is 2.45. The smallest absolute Gasteiger partial charge is 0.278 e. The highest BCUT2D eigenvalue weighted by Crippen LogP contribution is 2.38. The fourth-order valence-electron chi connectivity index (χ4n) is 2.74. The van der Waals surface area contributed by atoms with Crippen LogP contribution in [-0.2, 0) is 5.72 Å². The molecule has 1 aliphatic heterocycles. The molecular formula is C18H19N3O3. The summed E-state index contributed by atoms with van der Waals surface area (Å²) >= 11 is 0. The third kappa shape index (κ3) is 2.76. The first-order chi connectivity index (χ1) is 11.6. The molecule has 1 amide bonds. The fourth-order valence-corrected chi connectivity index (χ4v) is 2.74. The summed E-state index contributed by atoms with van der Waals surface area (Å²) < 4.78 is 5.23. The Morgan fingerprint density at radius 1 is 1.38 bits per heavy atom. The van der Waals surface area contributed by atoms with Gasteiger partial charge in [0, 0.05) is 30.1 Å². The lowest BCUT2D eigenvalue weighted by atomic mass is 9.96. The van der Waals surface area contributed by atoms with Crippen LogP contribution in [0.1, 0.15) is 35.7 Å². The molecule has 0 saturated carbocycles. The van der Waals surface area contributed by atoms with Gasteiger partial charge < -0.3 is 9.84 Å². The van der Waals surface area contributed by atoms with Gasteiger partial charge in [-0.2, -0.15) is 10.1 Å². The average molecular weight is 325 g/mol. The number of ether oxygens (including phenoxy) is 1. The van der Waals surface area contributed by atoms with Gasteiger partial charge in [0.25, 0.3) is 5.91 Å². The van der Waals surface area contributed by atoms with Gasteiger partial charge in [0.2, 0.25) is 0 Å². The Balaban J connectivity index is 2.03. The van der Waals surface area contributed by atoms with Crippen molar-refractivity contribution in [3.05, 3.63) is 59.9 Å². The fraction of sp³-hybridized carbons (Fsp3) is 0.278. The number of rotatable bonds is 4. The standard InChI is InChI=1S/C18H19N3O3/c1-3-15-11-18(23,14-7-4-8-16(10-14)24-2)21(20-15)17(22)13-6-5-9-19-12-13/h4-10,12,23H,3,11H2,1-2H3/t18-/m1/s1. The van der Waals surface area contributed by atoms with Gasteiger partial charge >= 0.3 is 0 Å². The van der Waals surface area contributed by atoms with Crippen LogP contribution in [-0.4, -0.2) is 33.8 Å². The molecule has 1 atom stereocenters. The molecule has 6 nitrogen and oxygen atoms in total. The van der Waals surface area contributed by atoms with Crippen LogP contribution in [0.4, 0.5) is 0 Å². The summed E-state index contributed by atoms with van der Waals surface area (Å²) in [6.07, 6.45) is 3.98. The lowest BCUT2D eigenvalue weighted by Crippen LogP contribution is -2.43. The van der Waals surface area contributed by atoms with Crippen molar-refractivity contribution in [2.45, 2.75) is 25.5 Å². The predicted molar refractivity (Wildman–Crippen MR) is 89.6 cm³/mol. The second-order valence-corrected chi connectivity index (χ2v) is 5.60. The molecule has 0 radical (unpaired) electrons. The van der Waals surface area contributed by atoms with Gasteiger partial charge in [0.05, 0.1) is 12.7 Å². The number of aliphatic hydroxyl groups is 1. The van der Waals surface area contributed by atoms with Crippen molar-refractivity contribution in [1.29, 1.82) is 0 Å². The Kier molecular flexibility index (Phi) is 4.31. The number of amides is 1. The molecular weight excluding hydrogens is 306 g/mol. The largest absolute Gasteiger partial charge is 0.497 e. The van der Waals surface area contributed by atoms with E-state index in [2.05, 4.69) is 10.1 Å². The van der Waals surface area contributed by atoms with E-state index < -0.39 is 11.6 Å². The first-order valence-electron chi connectivity index (χ1n) is 7.76. The van der Waals surface area contributed by atoms with Crippen LogP contribution in [0.3, 0.4) is 0 Å². The quantitative estimate of drug-likeness (QED) is 0.937. The minimum atomic E-state index is -1.53. The second-order valence-electron chi connectivity index (χ2n) is 5.60. The number of pyridine rings is 1.